The third-order valence-electron chi connectivity index (χ3n) is 4.95. The van der Waals surface area contributed by atoms with E-state index in [9.17, 15) is 5.11 Å². The molecule has 2 aromatic carbocycles. The molecule has 0 amide bonds. The molecule has 0 radical (unpaired) electrons. The Balaban J connectivity index is 1.67. The molecule has 2 aromatic rings. The van der Waals surface area contributed by atoms with E-state index in [4.69, 9.17) is 4.74 Å². The first-order valence-corrected chi connectivity index (χ1v) is 9.10. The lowest BCUT2D eigenvalue weighted by Gasteiger charge is -2.29. The van der Waals surface area contributed by atoms with Gasteiger partial charge in [-0.15, -0.1) is 0 Å². The number of benzene rings is 2. The first kappa shape index (κ1) is 17.6. The summed E-state index contributed by atoms with van der Waals surface area (Å²) in [5.41, 5.74) is 4.35. The van der Waals surface area contributed by atoms with E-state index in [1.165, 1.54) is 43.6 Å². The van der Waals surface area contributed by atoms with Gasteiger partial charge in [-0.05, 0) is 62.1 Å². The minimum absolute atomic E-state index is 0.0302. The highest BCUT2D eigenvalue weighted by Crippen LogP contribution is 2.27. The topological polar surface area (TPSA) is 44.7 Å². The maximum atomic E-state index is 9.47. The van der Waals surface area contributed by atoms with Crippen LogP contribution in [0.5, 0.6) is 5.75 Å². The Bertz CT molecular complexity index is 679. The second kappa shape index (κ2) is 8.26. The van der Waals surface area contributed by atoms with Crippen molar-refractivity contribution in [1.82, 2.24) is 0 Å². The minimum Gasteiger partial charge on any atom is -0.496 e. The van der Waals surface area contributed by atoms with Crippen molar-refractivity contribution in [2.24, 2.45) is 0 Å². The summed E-state index contributed by atoms with van der Waals surface area (Å²) < 4.78 is 5.26. The molecule has 1 atom stereocenters. The molecule has 1 unspecified atom stereocenters. The number of anilines is 2. The summed E-state index contributed by atoms with van der Waals surface area (Å²) in [5.74, 6) is 0.714. The molecule has 0 aliphatic carbocycles. The third-order valence-corrected chi connectivity index (χ3v) is 4.95. The lowest BCUT2D eigenvalue weighted by atomic mass is 10.1. The number of nitrogens with one attached hydrogen (secondary N) is 1. The Labute approximate surface area is 150 Å². The Morgan fingerprint density at radius 3 is 2.44 bits per heavy atom. The van der Waals surface area contributed by atoms with Gasteiger partial charge in [0.05, 0.1) is 13.7 Å². The van der Waals surface area contributed by atoms with Crippen LogP contribution in [0.2, 0.25) is 0 Å². The minimum atomic E-state index is -0.0302. The average molecular weight is 340 g/mol. The van der Waals surface area contributed by atoms with Gasteiger partial charge in [0, 0.05) is 36.1 Å². The number of rotatable bonds is 6. The number of aliphatic hydroxyl groups is 1. The van der Waals surface area contributed by atoms with Crippen LogP contribution in [-0.4, -0.2) is 25.3 Å². The fourth-order valence-corrected chi connectivity index (χ4v) is 3.45. The van der Waals surface area contributed by atoms with Gasteiger partial charge in [0.1, 0.15) is 5.75 Å². The predicted molar refractivity (Wildman–Crippen MR) is 103 cm³/mol. The summed E-state index contributed by atoms with van der Waals surface area (Å²) in [7, 11) is 1.62. The quantitative estimate of drug-likeness (QED) is 0.820. The Kier molecular flexibility index (Phi) is 5.82. The van der Waals surface area contributed by atoms with E-state index in [2.05, 4.69) is 41.4 Å². The summed E-state index contributed by atoms with van der Waals surface area (Å²) >= 11 is 0. The zero-order valence-electron chi connectivity index (χ0n) is 15.2. The van der Waals surface area contributed by atoms with E-state index in [0.29, 0.717) is 5.75 Å². The SMILES string of the molecule is COc1ccc(NC(C)c2ccc(N3CCCCC3)cc2)cc1CO. The first-order valence-electron chi connectivity index (χ1n) is 9.10. The van der Waals surface area contributed by atoms with Crippen LogP contribution in [-0.2, 0) is 6.61 Å². The van der Waals surface area contributed by atoms with Crippen LogP contribution in [0.3, 0.4) is 0 Å². The molecule has 134 valence electrons. The molecule has 1 saturated heterocycles. The maximum absolute atomic E-state index is 9.47. The molecule has 2 N–H and O–H groups in total. The highest BCUT2D eigenvalue weighted by atomic mass is 16.5. The van der Waals surface area contributed by atoms with Crippen LogP contribution >= 0.6 is 0 Å². The second-order valence-electron chi connectivity index (χ2n) is 6.69. The van der Waals surface area contributed by atoms with Gasteiger partial charge in [0.25, 0.3) is 0 Å². The fourth-order valence-electron chi connectivity index (χ4n) is 3.45. The van der Waals surface area contributed by atoms with Gasteiger partial charge in [-0.1, -0.05) is 12.1 Å². The summed E-state index contributed by atoms with van der Waals surface area (Å²) in [4.78, 5) is 2.47. The second-order valence-corrected chi connectivity index (χ2v) is 6.69. The van der Waals surface area contributed by atoms with Crippen LogP contribution < -0.4 is 15.0 Å². The van der Waals surface area contributed by atoms with Gasteiger partial charge < -0.3 is 20.1 Å². The van der Waals surface area contributed by atoms with Crippen LogP contribution in [0, 0.1) is 0 Å². The molecular formula is C21H28N2O2. The molecule has 1 heterocycles. The van der Waals surface area contributed by atoms with E-state index in [-0.39, 0.29) is 12.6 Å². The van der Waals surface area contributed by atoms with Crippen LogP contribution in [0.1, 0.15) is 43.4 Å². The monoisotopic (exact) mass is 340 g/mol. The highest BCUT2D eigenvalue weighted by molar-refractivity contribution is 5.53. The van der Waals surface area contributed by atoms with Crippen molar-refractivity contribution in [1.29, 1.82) is 0 Å². The van der Waals surface area contributed by atoms with Crippen LogP contribution in [0.15, 0.2) is 42.5 Å². The van der Waals surface area contributed by atoms with Gasteiger partial charge in [-0.3, -0.25) is 0 Å². The smallest absolute Gasteiger partial charge is 0.124 e. The molecule has 0 saturated carbocycles. The summed E-state index contributed by atoms with van der Waals surface area (Å²) in [5, 5.41) is 13.0. The standard InChI is InChI=1S/C21H28N2O2/c1-16(22-19-8-11-21(25-2)18(14-19)15-24)17-6-9-20(10-7-17)23-12-4-3-5-13-23/h6-11,14,16,22,24H,3-5,12-13,15H2,1-2H3. The Hall–Kier alpha value is -2.20. The average Bonchev–Trinajstić information content (AvgIpc) is 2.68. The van der Waals surface area contributed by atoms with Gasteiger partial charge in [-0.25, -0.2) is 0 Å². The highest BCUT2D eigenvalue weighted by Gasteiger charge is 2.12. The molecule has 25 heavy (non-hydrogen) atoms. The van der Waals surface area contributed by atoms with Crippen molar-refractivity contribution in [3.05, 3.63) is 53.6 Å². The van der Waals surface area contributed by atoms with E-state index in [0.717, 1.165) is 11.3 Å². The van der Waals surface area contributed by atoms with Crippen LogP contribution in [0.4, 0.5) is 11.4 Å². The molecule has 3 rings (SSSR count). The van der Waals surface area contributed by atoms with Crippen molar-refractivity contribution < 1.29 is 9.84 Å². The van der Waals surface area contributed by atoms with Crippen LogP contribution in [0.25, 0.3) is 0 Å². The molecule has 0 spiro atoms. The number of hydrogen-bond donors (Lipinski definition) is 2. The third kappa shape index (κ3) is 4.26. The van der Waals surface area contributed by atoms with Crippen molar-refractivity contribution in [2.45, 2.75) is 38.8 Å². The molecule has 1 aliphatic heterocycles. The van der Waals surface area contributed by atoms with Crippen molar-refractivity contribution in [3.8, 4) is 5.75 Å². The molecule has 1 aliphatic rings. The largest absolute Gasteiger partial charge is 0.496 e. The number of aliphatic hydroxyl groups excluding tert-OH is 1. The number of ether oxygens (including phenoxy) is 1. The number of hydrogen-bond acceptors (Lipinski definition) is 4. The van der Waals surface area contributed by atoms with Crippen molar-refractivity contribution in [2.75, 3.05) is 30.4 Å². The van der Waals surface area contributed by atoms with E-state index >= 15 is 0 Å². The maximum Gasteiger partial charge on any atom is 0.124 e. The van der Waals surface area contributed by atoms with Gasteiger partial charge >= 0.3 is 0 Å². The van der Waals surface area contributed by atoms with Gasteiger partial charge in [-0.2, -0.15) is 0 Å². The molecule has 4 nitrogen and oxygen atoms in total. The molecule has 0 aromatic heterocycles. The number of methoxy groups -OCH3 is 1. The fraction of sp³-hybridized carbons (Fsp3) is 0.429. The molecule has 1 fully saturated rings. The Morgan fingerprint density at radius 1 is 1.08 bits per heavy atom. The van der Waals surface area contributed by atoms with E-state index in [1.54, 1.807) is 7.11 Å². The number of nitrogens with zero attached hydrogens (tertiary/aromatic N) is 1. The van der Waals surface area contributed by atoms with Gasteiger partial charge in [0.2, 0.25) is 0 Å². The molecule has 0 bridgehead atoms. The number of piperidine rings is 1. The first-order chi connectivity index (χ1) is 12.2. The van der Waals surface area contributed by atoms with Crippen molar-refractivity contribution >= 4 is 11.4 Å². The summed E-state index contributed by atoms with van der Waals surface area (Å²) in [6, 6.07) is 14.9. The predicted octanol–water partition coefficient (Wildman–Crippen LogP) is 4.35. The molecular weight excluding hydrogens is 312 g/mol. The van der Waals surface area contributed by atoms with E-state index < -0.39 is 0 Å². The summed E-state index contributed by atoms with van der Waals surface area (Å²) in [6.07, 6.45) is 3.95. The normalized spacial score (nSPS) is 15.7. The summed E-state index contributed by atoms with van der Waals surface area (Å²) in [6.45, 7) is 4.46. The zero-order valence-corrected chi connectivity index (χ0v) is 15.2. The lowest BCUT2D eigenvalue weighted by Crippen LogP contribution is -2.29. The van der Waals surface area contributed by atoms with E-state index in [1.807, 2.05) is 18.2 Å². The van der Waals surface area contributed by atoms with Gasteiger partial charge in [0.15, 0.2) is 0 Å². The van der Waals surface area contributed by atoms with Crippen molar-refractivity contribution in [3.63, 3.8) is 0 Å². The molecule has 4 heteroatoms. The zero-order chi connectivity index (χ0) is 17.6. The Morgan fingerprint density at radius 2 is 1.80 bits per heavy atom. The lowest BCUT2D eigenvalue weighted by molar-refractivity contribution is 0.274.